The Balaban J connectivity index is 1.68. The van der Waals surface area contributed by atoms with Gasteiger partial charge in [0.25, 0.3) is 5.69 Å². The van der Waals surface area contributed by atoms with Crippen LogP contribution in [0, 0.1) is 22.0 Å². The van der Waals surface area contributed by atoms with Gasteiger partial charge in [0, 0.05) is 27.9 Å². The molecule has 0 amide bonds. The van der Waals surface area contributed by atoms with Gasteiger partial charge in [-0.15, -0.1) is 0 Å². The van der Waals surface area contributed by atoms with Crippen LogP contribution in [0.3, 0.4) is 0 Å². The summed E-state index contributed by atoms with van der Waals surface area (Å²) in [5, 5.41) is 10.7. The largest absolute Gasteiger partial charge is 0.269 e. The van der Waals surface area contributed by atoms with Crippen LogP contribution in [-0.2, 0) is 9.78 Å². The number of halogens is 1. The second-order valence-electron chi connectivity index (χ2n) is 5.50. The molecule has 0 aromatic heterocycles. The number of rotatable bonds is 2. The van der Waals surface area contributed by atoms with Gasteiger partial charge in [-0.2, -0.15) is 0 Å². The van der Waals surface area contributed by atoms with Crippen molar-refractivity contribution in [3.05, 3.63) is 39.9 Å². The van der Waals surface area contributed by atoms with Gasteiger partial charge < -0.3 is 0 Å². The average molecular weight is 373 g/mol. The fraction of sp³-hybridized carbons (Fsp3) is 0.538. The van der Waals surface area contributed by atoms with Crippen molar-refractivity contribution in [1.29, 1.82) is 0 Å². The van der Waals surface area contributed by atoms with E-state index in [-0.39, 0.29) is 22.8 Å². The zero-order valence-corrected chi connectivity index (χ0v) is 12.1. The van der Waals surface area contributed by atoms with Crippen molar-refractivity contribution in [2.24, 2.45) is 11.8 Å². The van der Waals surface area contributed by atoms with Gasteiger partial charge in [-0.25, -0.2) is 9.78 Å². The van der Waals surface area contributed by atoms with Crippen LogP contribution >= 0.6 is 22.6 Å². The van der Waals surface area contributed by atoms with Crippen LogP contribution in [0.2, 0.25) is 0 Å². The first-order valence-corrected chi connectivity index (χ1v) is 7.62. The van der Waals surface area contributed by atoms with Crippen molar-refractivity contribution < 1.29 is 14.7 Å². The molecule has 2 saturated carbocycles. The van der Waals surface area contributed by atoms with Crippen LogP contribution in [0.4, 0.5) is 5.69 Å². The Morgan fingerprint density at radius 3 is 2.53 bits per heavy atom. The van der Waals surface area contributed by atoms with Crippen molar-refractivity contribution in [3.8, 4) is 0 Å². The van der Waals surface area contributed by atoms with E-state index in [1.54, 1.807) is 12.1 Å². The Morgan fingerprint density at radius 2 is 1.84 bits per heavy atom. The second-order valence-corrected chi connectivity index (χ2v) is 6.94. The number of non-ortho nitro benzene ring substituents is 1. The predicted octanol–water partition coefficient (Wildman–Crippen LogP) is 2.83. The van der Waals surface area contributed by atoms with E-state index >= 15 is 0 Å². The summed E-state index contributed by atoms with van der Waals surface area (Å²) >= 11 is 2.46. The molecule has 0 unspecified atom stereocenters. The zero-order valence-electron chi connectivity index (χ0n) is 9.94. The standard InChI is InChI=1S/C13H12INO4/c14-11-8-5-9-12(18-19-13(9)11)10(8)6-1-3-7(4-2-6)15(16)17/h1-4,8-13H,5H2/t8-,9+,10+,11+,12-,13-/m0/s1. The summed E-state index contributed by atoms with van der Waals surface area (Å²) in [5.74, 6) is 1.36. The number of benzene rings is 1. The molecule has 1 aliphatic heterocycles. The third-order valence-corrected chi connectivity index (χ3v) is 6.33. The van der Waals surface area contributed by atoms with E-state index in [1.807, 2.05) is 12.1 Å². The third-order valence-electron chi connectivity index (χ3n) is 4.69. The summed E-state index contributed by atoms with van der Waals surface area (Å²) in [6.07, 6.45) is 1.51. The lowest BCUT2D eigenvalue weighted by molar-refractivity contribution is -0.384. The Bertz CT molecular complexity index is 534. The van der Waals surface area contributed by atoms with Crippen LogP contribution in [0.25, 0.3) is 0 Å². The quantitative estimate of drug-likeness (QED) is 0.263. The monoisotopic (exact) mass is 373 g/mol. The fourth-order valence-electron chi connectivity index (χ4n) is 3.87. The molecule has 6 heteroatoms. The maximum absolute atomic E-state index is 10.7. The molecule has 4 rings (SSSR count). The van der Waals surface area contributed by atoms with Crippen LogP contribution in [0.15, 0.2) is 24.3 Å². The number of nitro groups is 1. The van der Waals surface area contributed by atoms with Gasteiger partial charge in [-0.3, -0.25) is 10.1 Å². The molecule has 0 spiro atoms. The summed E-state index contributed by atoms with van der Waals surface area (Å²) in [5.41, 5.74) is 1.27. The zero-order chi connectivity index (χ0) is 13.1. The second kappa shape index (κ2) is 4.13. The minimum Gasteiger partial charge on any atom is -0.258 e. The molecular weight excluding hydrogens is 361 g/mol. The highest BCUT2D eigenvalue weighted by Crippen LogP contribution is 2.60. The van der Waals surface area contributed by atoms with Gasteiger partial charge in [-0.05, 0) is 17.9 Å². The topological polar surface area (TPSA) is 61.6 Å². The molecule has 1 aromatic carbocycles. The minimum atomic E-state index is -0.364. The molecule has 100 valence electrons. The molecule has 3 aliphatic rings. The van der Waals surface area contributed by atoms with E-state index in [0.717, 1.165) is 12.0 Å². The molecule has 2 bridgehead atoms. The average Bonchev–Trinajstić information content (AvgIpc) is 3.01. The highest BCUT2D eigenvalue weighted by Gasteiger charge is 2.63. The SMILES string of the molecule is O=[N+]([O-])c1ccc([C@@H]2[C@@H]3C[C@H]4[C@H](OO[C@@H]42)[C@@H]3I)cc1. The summed E-state index contributed by atoms with van der Waals surface area (Å²) in [6, 6.07) is 6.89. The van der Waals surface area contributed by atoms with Crippen molar-refractivity contribution in [3.63, 3.8) is 0 Å². The molecule has 1 aromatic rings. The first-order valence-electron chi connectivity index (χ1n) is 6.37. The molecule has 6 atom stereocenters. The van der Waals surface area contributed by atoms with Crippen molar-refractivity contribution in [2.75, 3.05) is 0 Å². The fourth-order valence-corrected chi connectivity index (χ4v) is 5.27. The molecule has 5 nitrogen and oxygen atoms in total. The highest BCUT2D eigenvalue weighted by atomic mass is 127. The van der Waals surface area contributed by atoms with Crippen molar-refractivity contribution in [1.82, 2.24) is 0 Å². The van der Waals surface area contributed by atoms with Gasteiger partial charge in [0.2, 0.25) is 0 Å². The number of fused-ring (bicyclic) bond motifs is 1. The lowest BCUT2D eigenvalue weighted by Gasteiger charge is -2.28. The summed E-state index contributed by atoms with van der Waals surface area (Å²) in [6.45, 7) is 0. The Hall–Kier alpha value is -0.730. The van der Waals surface area contributed by atoms with Crippen LogP contribution in [0.5, 0.6) is 0 Å². The number of nitrogens with zero attached hydrogens (tertiary/aromatic N) is 1. The predicted molar refractivity (Wildman–Crippen MR) is 75.0 cm³/mol. The Kier molecular flexibility index (Phi) is 2.62. The third kappa shape index (κ3) is 1.59. The first-order chi connectivity index (χ1) is 9.16. The van der Waals surface area contributed by atoms with Crippen molar-refractivity contribution in [2.45, 2.75) is 28.5 Å². The molecule has 3 fully saturated rings. The number of nitro benzene ring substituents is 1. The smallest absolute Gasteiger partial charge is 0.258 e. The number of alkyl halides is 1. The highest BCUT2D eigenvalue weighted by molar-refractivity contribution is 14.1. The summed E-state index contributed by atoms with van der Waals surface area (Å²) in [4.78, 5) is 21.3. The van der Waals surface area contributed by atoms with E-state index in [0.29, 0.717) is 21.7 Å². The first kappa shape index (κ1) is 12.0. The van der Waals surface area contributed by atoms with Crippen LogP contribution < -0.4 is 0 Å². The van der Waals surface area contributed by atoms with Gasteiger partial charge >= 0.3 is 0 Å². The van der Waals surface area contributed by atoms with Crippen molar-refractivity contribution >= 4 is 28.3 Å². The lowest BCUT2D eigenvalue weighted by atomic mass is 9.80. The number of hydrogen-bond donors (Lipinski definition) is 0. The molecule has 1 heterocycles. The minimum absolute atomic E-state index is 0.127. The Labute approximate surface area is 123 Å². The molecule has 19 heavy (non-hydrogen) atoms. The summed E-state index contributed by atoms with van der Waals surface area (Å²) < 4.78 is 0.474. The summed E-state index contributed by atoms with van der Waals surface area (Å²) in [7, 11) is 0. The molecule has 2 aliphatic carbocycles. The maximum atomic E-state index is 10.7. The number of hydrogen-bond acceptors (Lipinski definition) is 4. The molecular formula is C13H12INO4. The van der Waals surface area contributed by atoms with Crippen LogP contribution in [0.1, 0.15) is 17.9 Å². The van der Waals surface area contributed by atoms with E-state index in [9.17, 15) is 10.1 Å². The Morgan fingerprint density at radius 1 is 1.16 bits per heavy atom. The van der Waals surface area contributed by atoms with Crippen LogP contribution in [-0.4, -0.2) is 21.1 Å². The lowest BCUT2D eigenvalue weighted by Crippen LogP contribution is -2.34. The van der Waals surface area contributed by atoms with E-state index in [4.69, 9.17) is 9.78 Å². The van der Waals surface area contributed by atoms with E-state index in [2.05, 4.69) is 22.6 Å². The van der Waals surface area contributed by atoms with Gasteiger partial charge in [0.05, 0.1) is 4.92 Å². The molecule has 0 N–H and O–H groups in total. The van der Waals surface area contributed by atoms with E-state index in [1.165, 1.54) is 0 Å². The van der Waals surface area contributed by atoms with E-state index < -0.39 is 0 Å². The molecule has 1 saturated heterocycles. The van der Waals surface area contributed by atoms with Gasteiger partial charge in [0.15, 0.2) is 0 Å². The van der Waals surface area contributed by atoms with Gasteiger partial charge in [0.1, 0.15) is 12.2 Å². The normalized spacial score (nSPS) is 42.8. The molecule has 0 radical (unpaired) electrons. The van der Waals surface area contributed by atoms with Gasteiger partial charge in [-0.1, -0.05) is 34.7 Å². The maximum Gasteiger partial charge on any atom is 0.269 e.